The number of halogens is 1. The van der Waals surface area contributed by atoms with Crippen LogP contribution in [-0.4, -0.2) is 15.4 Å². The number of aryl methyl sites for hydroxylation is 1. The molecule has 16 heavy (non-hydrogen) atoms. The Morgan fingerprint density at radius 2 is 1.88 bits per heavy atom. The van der Waals surface area contributed by atoms with E-state index in [4.69, 9.17) is 4.74 Å². The summed E-state index contributed by atoms with van der Waals surface area (Å²) in [5.41, 5.74) is 1.23. The first-order valence-corrected chi connectivity index (χ1v) is 9.39. The first-order chi connectivity index (χ1) is 7.31. The summed E-state index contributed by atoms with van der Waals surface area (Å²) in [7, 11) is -0.682. The molecule has 90 valence electrons. The topological polar surface area (TPSA) is 9.23 Å². The molecule has 0 atom stereocenters. The van der Waals surface area contributed by atoms with Crippen molar-refractivity contribution >= 4 is 24.7 Å². The van der Waals surface area contributed by atoms with Gasteiger partial charge in [-0.2, -0.15) is 0 Å². The predicted octanol–water partition coefficient (Wildman–Crippen LogP) is 4.40. The van der Waals surface area contributed by atoms with Crippen LogP contribution in [0.4, 0.5) is 0 Å². The second-order valence-electron chi connectivity index (χ2n) is 5.40. The van der Waals surface area contributed by atoms with Crippen LogP contribution < -0.4 is 4.74 Å². The van der Waals surface area contributed by atoms with Crippen molar-refractivity contribution in [3.05, 3.63) is 28.2 Å². The highest BCUT2D eigenvalue weighted by molar-refractivity contribution is 9.10. The highest BCUT2D eigenvalue weighted by Crippen LogP contribution is 2.30. The van der Waals surface area contributed by atoms with Crippen LogP contribution in [0.15, 0.2) is 22.7 Å². The lowest BCUT2D eigenvalue weighted by Gasteiger charge is -2.28. The second kappa shape index (κ2) is 5.37. The first-order valence-electron chi connectivity index (χ1n) is 5.71. The molecule has 1 aromatic rings. The van der Waals surface area contributed by atoms with Gasteiger partial charge in [-0.1, -0.05) is 42.9 Å². The lowest BCUT2D eigenvalue weighted by Crippen LogP contribution is -2.27. The minimum absolute atomic E-state index is 0.343. The van der Waals surface area contributed by atoms with Gasteiger partial charge in [0.25, 0.3) is 0 Å². The molecule has 1 rings (SSSR count). The van der Waals surface area contributed by atoms with Crippen LogP contribution in [-0.2, 0) is 0 Å². The highest BCUT2D eigenvalue weighted by atomic mass is 79.9. The first kappa shape index (κ1) is 13.8. The molecule has 0 spiro atoms. The highest BCUT2D eigenvalue weighted by Gasteiger charge is 2.24. The van der Waals surface area contributed by atoms with Crippen molar-refractivity contribution in [1.82, 2.24) is 0 Å². The van der Waals surface area contributed by atoms with Crippen molar-refractivity contribution in [1.29, 1.82) is 0 Å². The van der Waals surface area contributed by atoms with Crippen LogP contribution in [0, 0.1) is 6.92 Å². The smallest absolute Gasteiger partial charge is 0.120 e. The average molecular weight is 301 g/mol. The van der Waals surface area contributed by atoms with Gasteiger partial charge in [-0.3, -0.25) is 0 Å². The summed E-state index contributed by atoms with van der Waals surface area (Å²) in [6.07, 6.45) is 0. The van der Waals surface area contributed by atoms with E-state index in [2.05, 4.69) is 61.9 Å². The van der Waals surface area contributed by atoms with Gasteiger partial charge in [0.05, 0.1) is 6.61 Å². The summed E-state index contributed by atoms with van der Waals surface area (Å²) in [6.45, 7) is 12.2. The van der Waals surface area contributed by atoms with E-state index >= 15 is 0 Å². The summed E-state index contributed by atoms with van der Waals surface area (Å²) >= 11 is 3.49. The van der Waals surface area contributed by atoms with Gasteiger partial charge in [-0.15, -0.1) is 0 Å². The van der Waals surface area contributed by atoms with Crippen LogP contribution in [0.5, 0.6) is 5.75 Å². The molecular formula is C13H21BrOSi. The fraction of sp³-hybridized carbons (Fsp3) is 0.538. The zero-order valence-electron chi connectivity index (χ0n) is 10.8. The lowest BCUT2D eigenvalue weighted by molar-refractivity contribution is 0.276. The zero-order chi connectivity index (χ0) is 12.3. The third-order valence-electron chi connectivity index (χ3n) is 3.19. The Bertz CT molecular complexity index is 341. The molecule has 0 fully saturated rings. The van der Waals surface area contributed by atoms with E-state index in [1.165, 1.54) is 5.56 Å². The maximum atomic E-state index is 5.90. The third-order valence-corrected chi connectivity index (χ3v) is 6.94. The minimum atomic E-state index is -0.682. The second-order valence-corrected chi connectivity index (χ2v) is 10.2. The molecule has 1 nitrogen and oxygen atoms in total. The van der Waals surface area contributed by atoms with Crippen LogP contribution in [0.3, 0.4) is 0 Å². The van der Waals surface area contributed by atoms with Gasteiger partial charge in [0.1, 0.15) is 5.75 Å². The van der Waals surface area contributed by atoms with Crippen LogP contribution in [0.1, 0.15) is 19.4 Å². The monoisotopic (exact) mass is 300 g/mol. The van der Waals surface area contributed by atoms with E-state index in [-0.39, 0.29) is 0 Å². The van der Waals surface area contributed by atoms with Crippen LogP contribution in [0.2, 0.25) is 18.1 Å². The number of ether oxygens (including phenoxy) is 1. The summed E-state index contributed by atoms with van der Waals surface area (Å²) in [5, 5.41) is 0.343. The molecule has 0 saturated carbocycles. The molecule has 3 heteroatoms. The van der Waals surface area contributed by atoms with Crippen molar-refractivity contribution in [3.63, 3.8) is 0 Å². The van der Waals surface area contributed by atoms with Gasteiger partial charge >= 0.3 is 0 Å². The Balaban J connectivity index is 2.68. The van der Waals surface area contributed by atoms with Crippen LogP contribution in [0.25, 0.3) is 0 Å². The number of hydrogen-bond acceptors (Lipinski definition) is 1. The molecule has 0 radical (unpaired) electrons. The van der Waals surface area contributed by atoms with Crippen LogP contribution >= 0.6 is 15.9 Å². The number of rotatable bonds is 4. The van der Waals surface area contributed by atoms with Crippen molar-refractivity contribution in [2.24, 2.45) is 0 Å². The van der Waals surface area contributed by atoms with Gasteiger partial charge in [-0.25, -0.2) is 0 Å². The Morgan fingerprint density at radius 1 is 1.25 bits per heavy atom. The standard InChI is InChI=1S/C13H21BrOSi/c1-10-6-11(14)8-12(7-10)15-9-13(2,3)16(4)5/h6-8,16H,9H2,1-5H3. The summed E-state index contributed by atoms with van der Waals surface area (Å²) in [5.74, 6) is 0.967. The fourth-order valence-electron chi connectivity index (χ4n) is 1.22. The SMILES string of the molecule is Cc1cc(Br)cc(OCC(C)(C)[SiH](C)C)c1. The van der Waals surface area contributed by atoms with Gasteiger partial charge in [0.2, 0.25) is 0 Å². The van der Waals surface area contributed by atoms with Crippen molar-refractivity contribution in [2.75, 3.05) is 6.61 Å². The van der Waals surface area contributed by atoms with Crippen molar-refractivity contribution in [2.45, 2.75) is 38.9 Å². The molecule has 0 N–H and O–H groups in total. The van der Waals surface area contributed by atoms with Gasteiger partial charge in [0.15, 0.2) is 0 Å². The predicted molar refractivity (Wildman–Crippen MR) is 77.3 cm³/mol. The van der Waals surface area contributed by atoms with Gasteiger partial charge in [0, 0.05) is 13.3 Å². The maximum absolute atomic E-state index is 5.90. The summed E-state index contributed by atoms with van der Waals surface area (Å²) in [4.78, 5) is 0. The van der Waals surface area contributed by atoms with Crippen molar-refractivity contribution in [3.8, 4) is 5.75 Å². The molecule has 0 aromatic heterocycles. The molecule has 0 bridgehead atoms. The van der Waals surface area contributed by atoms with E-state index in [1.54, 1.807) is 0 Å². The molecule has 0 aliphatic heterocycles. The van der Waals surface area contributed by atoms with Gasteiger partial charge in [-0.05, 0) is 35.7 Å². The van der Waals surface area contributed by atoms with E-state index in [0.717, 1.165) is 16.8 Å². The molecular weight excluding hydrogens is 280 g/mol. The normalized spacial score (nSPS) is 11.9. The van der Waals surface area contributed by atoms with E-state index in [9.17, 15) is 0 Å². The van der Waals surface area contributed by atoms with E-state index < -0.39 is 8.80 Å². The zero-order valence-corrected chi connectivity index (χ0v) is 13.5. The molecule has 1 aromatic carbocycles. The maximum Gasteiger partial charge on any atom is 0.120 e. The molecule has 0 amide bonds. The largest absolute Gasteiger partial charge is 0.493 e. The number of hydrogen-bond donors (Lipinski definition) is 0. The fourth-order valence-corrected chi connectivity index (χ4v) is 2.23. The average Bonchev–Trinajstić information content (AvgIpc) is 2.13. The Hall–Kier alpha value is -0.283. The number of benzene rings is 1. The van der Waals surface area contributed by atoms with E-state index in [0.29, 0.717) is 5.04 Å². The lowest BCUT2D eigenvalue weighted by atomic mass is 10.2. The quantitative estimate of drug-likeness (QED) is 0.749. The molecule has 0 unspecified atom stereocenters. The van der Waals surface area contributed by atoms with E-state index in [1.807, 2.05) is 6.07 Å². The summed E-state index contributed by atoms with van der Waals surface area (Å²) < 4.78 is 6.98. The molecule has 0 aliphatic carbocycles. The van der Waals surface area contributed by atoms with Gasteiger partial charge < -0.3 is 4.74 Å². The molecule has 0 aliphatic rings. The Kier molecular flexibility index (Phi) is 4.62. The molecule has 0 saturated heterocycles. The summed E-state index contributed by atoms with van der Waals surface area (Å²) in [6, 6.07) is 6.21. The molecule has 0 heterocycles. The Labute approximate surface area is 109 Å². The Morgan fingerprint density at radius 3 is 2.38 bits per heavy atom. The van der Waals surface area contributed by atoms with Crippen molar-refractivity contribution < 1.29 is 4.74 Å². The third kappa shape index (κ3) is 3.94. The minimum Gasteiger partial charge on any atom is -0.493 e.